The molecule has 2 aliphatic rings. The van der Waals surface area contributed by atoms with Gasteiger partial charge in [0.25, 0.3) is 0 Å². The standard InChI is InChI=1S/C31H37Cl2N3O2S2/c1-30(2,40(34)37)19-23-10-7-13-31(23)14-16-36(17-15-31)24-18-26(38-21-22-8-4-3-5-9-22)29(35-20-24)39-27-12-6-11-25(32)28(27)33/h3-6,8-9,11-12,18,20,23H,7,10,13-17,19,21,34H2,1-2H3/t23-,40?/m1/s1. The number of ether oxygens (including phenoxy) is 1. The number of halogens is 2. The number of benzene rings is 2. The van der Waals surface area contributed by atoms with Crippen LogP contribution in [0.4, 0.5) is 5.69 Å². The van der Waals surface area contributed by atoms with E-state index in [9.17, 15) is 4.21 Å². The van der Waals surface area contributed by atoms with Crippen LogP contribution in [0.15, 0.2) is 70.7 Å². The summed E-state index contributed by atoms with van der Waals surface area (Å²) in [5, 5.41) is 7.64. The molecule has 1 aromatic heterocycles. The van der Waals surface area contributed by atoms with E-state index in [0.717, 1.165) is 59.3 Å². The number of anilines is 1. The number of pyridine rings is 1. The summed E-state index contributed by atoms with van der Waals surface area (Å²) in [5.74, 6) is 1.30. The number of nitrogens with zero attached hydrogens (tertiary/aromatic N) is 2. The van der Waals surface area contributed by atoms with Crippen molar-refractivity contribution in [2.45, 2.75) is 73.6 Å². The van der Waals surface area contributed by atoms with Gasteiger partial charge in [-0.1, -0.05) is 77.8 Å². The van der Waals surface area contributed by atoms with E-state index in [4.69, 9.17) is 38.1 Å². The lowest BCUT2D eigenvalue weighted by molar-refractivity contribution is 0.134. The third-order valence-corrected chi connectivity index (χ3v) is 11.9. The Morgan fingerprint density at radius 2 is 1.88 bits per heavy atom. The summed E-state index contributed by atoms with van der Waals surface area (Å²) in [5.41, 5.74) is 2.47. The van der Waals surface area contributed by atoms with Crippen molar-refractivity contribution in [1.29, 1.82) is 0 Å². The van der Waals surface area contributed by atoms with Crippen molar-refractivity contribution in [1.82, 2.24) is 4.98 Å². The number of hydrogen-bond donors (Lipinski definition) is 1. The van der Waals surface area contributed by atoms with Crippen molar-refractivity contribution >= 4 is 51.6 Å². The minimum Gasteiger partial charge on any atom is -0.486 e. The summed E-state index contributed by atoms with van der Waals surface area (Å²) in [6.45, 7) is 6.47. The summed E-state index contributed by atoms with van der Waals surface area (Å²) in [7, 11) is -1.32. The molecule has 1 unspecified atom stereocenters. The zero-order valence-electron chi connectivity index (χ0n) is 23.1. The highest BCUT2D eigenvalue weighted by molar-refractivity contribution is 7.99. The highest BCUT2D eigenvalue weighted by Gasteiger charge is 2.47. The Balaban J connectivity index is 1.34. The maximum Gasteiger partial charge on any atom is 0.154 e. The van der Waals surface area contributed by atoms with Gasteiger partial charge >= 0.3 is 0 Å². The molecule has 9 heteroatoms. The molecule has 1 saturated carbocycles. The molecule has 2 heterocycles. The third kappa shape index (κ3) is 6.65. The first-order valence-corrected chi connectivity index (χ1v) is 16.7. The van der Waals surface area contributed by atoms with E-state index in [0.29, 0.717) is 28.0 Å². The largest absolute Gasteiger partial charge is 0.486 e. The second-order valence-corrected chi connectivity index (χ2v) is 15.1. The van der Waals surface area contributed by atoms with Gasteiger partial charge in [-0.3, -0.25) is 5.14 Å². The molecule has 0 bridgehead atoms. The molecular weight excluding hydrogens is 581 g/mol. The van der Waals surface area contributed by atoms with Crippen LogP contribution in [-0.4, -0.2) is 27.0 Å². The van der Waals surface area contributed by atoms with E-state index in [1.54, 1.807) is 6.07 Å². The molecule has 2 fully saturated rings. The molecule has 1 aliphatic carbocycles. The fourth-order valence-electron chi connectivity index (χ4n) is 6.25. The van der Waals surface area contributed by atoms with Gasteiger partial charge in [0.1, 0.15) is 11.6 Å². The molecule has 5 nitrogen and oxygen atoms in total. The average Bonchev–Trinajstić information content (AvgIpc) is 3.31. The van der Waals surface area contributed by atoms with Crippen LogP contribution < -0.4 is 14.8 Å². The molecule has 5 rings (SSSR count). The van der Waals surface area contributed by atoms with Gasteiger partial charge in [-0.25, -0.2) is 9.19 Å². The summed E-state index contributed by atoms with van der Waals surface area (Å²) < 4.78 is 18.2. The molecule has 2 N–H and O–H groups in total. The van der Waals surface area contributed by atoms with Crippen molar-refractivity contribution < 1.29 is 8.95 Å². The first-order valence-electron chi connectivity index (χ1n) is 13.9. The van der Waals surface area contributed by atoms with Crippen LogP contribution in [0.1, 0.15) is 57.9 Å². The quantitative estimate of drug-likeness (QED) is 0.261. The number of aromatic nitrogens is 1. The minimum atomic E-state index is -1.32. The van der Waals surface area contributed by atoms with E-state index in [2.05, 4.69) is 23.1 Å². The number of rotatable bonds is 9. The van der Waals surface area contributed by atoms with E-state index in [1.807, 2.05) is 50.4 Å². The van der Waals surface area contributed by atoms with Gasteiger partial charge in [-0.2, -0.15) is 0 Å². The number of hydrogen-bond acceptors (Lipinski definition) is 5. The topological polar surface area (TPSA) is 68.5 Å². The van der Waals surface area contributed by atoms with Crippen molar-refractivity contribution in [2.24, 2.45) is 16.5 Å². The van der Waals surface area contributed by atoms with Crippen LogP contribution in [0.3, 0.4) is 0 Å². The van der Waals surface area contributed by atoms with Crippen molar-refractivity contribution in [2.75, 3.05) is 18.0 Å². The molecule has 1 spiro atoms. The number of nitrogens with two attached hydrogens (primary N) is 1. The monoisotopic (exact) mass is 617 g/mol. The van der Waals surface area contributed by atoms with Gasteiger partial charge in [0.05, 0.1) is 37.7 Å². The zero-order chi connectivity index (χ0) is 28.3. The van der Waals surface area contributed by atoms with Crippen LogP contribution in [0.5, 0.6) is 5.75 Å². The molecule has 214 valence electrons. The van der Waals surface area contributed by atoms with E-state index in [1.165, 1.54) is 31.0 Å². The van der Waals surface area contributed by atoms with Crippen LogP contribution >= 0.6 is 35.0 Å². The summed E-state index contributed by atoms with van der Waals surface area (Å²) in [4.78, 5) is 8.12. The second kappa shape index (κ2) is 12.6. The molecule has 1 aliphatic heterocycles. The van der Waals surface area contributed by atoms with Gasteiger partial charge < -0.3 is 9.64 Å². The fourth-order valence-corrected chi connectivity index (χ4v) is 7.97. The molecular formula is C31H37Cl2N3O2S2. The predicted molar refractivity (Wildman–Crippen MR) is 168 cm³/mol. The second-order valence-electron chi connectivity index (χ2n) is 11.6. The fraction of sp³-hybridized carbons (Fsp3) is 0.452. The smallest absolute Gasteiger partial charge is 0.154 e. The van der Waals surface area contributed by atoms with Gasteiger partial charge in [0.2, 0.25) is 0 Å². The lowest BCUT2D eigenvalue weighted by Gasteiger charge is -2.45. The van der Waals surface area contributed by atoms with Crippen LogP contribution in [0.25, 0.3) is 0 Å². The highest BCUT2D eigenvalue weighted by atomic mass is 35.5. The summed E-state index contributed by atoms with van der Waals surface area (Å²) >= 11 is 14.2. The lowest BCUT2D eigenvalue weighted by Crippen LogP contribution is -2.44. The van der Waals surface area contributed by atoms with Gasteiger partial charge in [0.15, 0.2) is 5.75 Å². The Hall–Kier alpha value is -1.77. The van der Waals surface area contributed by atoms with Gasteiger partial charge in [-0.15, -0.1) is 0 Å². The Morgan fingerprint density at radius 3 is 2.60 bits per heavy atom. The Morgan fingerprint density at radius 1 is 1.12 bits per heavy atom. The maximum absolute atomic E-state index is 12.2. The SMILES string of the molecule is CC(C)(C[C@H]1CCCC12CCN(c1cnc(Sc3cccc(Cl)c3Cl)c(OCc3ccccc3)c1)CC2)S(N)=O. The Labute approximate surface area is 254 Å². The highest BCUT2D eigenvalue weighted by Crippen LogP contribution is 2.54. The van der Waals surface area contributed by atoms with Crippen LogP contribution in [0.2, 0.25) is 10.0 Å². The molecule has 3 aromatic rings. The average molecular weight is 619 g/mol. The van der Waals surface area contributed by atoms with Crippen molar-refractivity contribution in [3.05, 3.63) is 76.4 Å². The lowest BCUT2D eigenvalue weighted by atomic mass is 9.68. The molecule has 2 aromatic carbocycles. The molecule has 1 saturated heterocycles. The first kappa shape index (κ1) is 29.7. The molecule has 0 radical (unpaired) electrons. The van der Waals surface area contributed by atoms with Gasteiger partial charge in [0, 0.05) is 24.1 Å². The Kier molecular flexibility index (Phi) is 9.37. The van der Waals surface area contributed by atoms with Crippen molar-refractivity contribution in [3.63, 3.8) is 0 Å². The zero-order valence-corrected chi connectivity index (χ0v) is 26.2. The normalized spacial score (nSPS) is 19.6. The van der Waals surface area contributed by atoms with Crippen LogP contribution in [-0.2, 0) is 17.6 Å². The summed E-state index contributed by atoms with van der Waals surface area (Å²) in [6.07, 6.45) is 8.82. The first-order chi connectivity index (χ1) is 19.2. The van der Waals surface area contributed by atoms with E-state index in [-0.39, 0.29) is 4.75 Å². The predicted octanol–water partition coefficient (Wildman–Crippen LogP) is 8.30. The number of piperidine rings is 1. The maximum atomic E-state index is 12.2. The van der Waals surface area contributed by atoms with Crippen molar-refractivity contribution in [3.8, 4) is 5.75 Å². The Bertz CT molecular complexity index is 1350. The molecule has 0 amide bonds. The third-order valence-electron chi connectivity index (χ3n) is 8.66. The molecule has 2 atom stereocenters. The van der Waals surface area contributed by atoms with E-state index < -0.39 is 11.0 Å². The van der Waals surface area contributed by atoms with Crippen LogP contribution in [0, 0.1) is 11.3 Å². The minimum absolute atomic E-state index is 0.312. The summed E-state index contributed by atoms with van der Waals surface area (Å²) in [6, 6.07) is 17.9. The molecule has 40 heavy (non-hydrogen) atoms. The van der Waals surface area contributed by atoms with E-state index >= 15 is 0 Å². The van der Waals surface area contributed by atoms with Gasteiger partial charge in [-0.05, 0) is 75.0 Å².